The van der Waals surface area contributed by atoms with E-state index in [1.165, 1.54) is 0 Å². The first-order valence-corrected chi connectivity index (χ1v) is 8.43. The van der Waals surface area contributed by atoms with Gasteiger partial charge < -0.3 is 24.3 Å². The highest BCUT2D eigenvalue weighted by atomic mass is 16.5. The van der Waals surface area contributed by atoms with Crippen LogP contribution in [0.5, 0.6) is 23.0 Å². The van der Waals surface area contributed by atoms with Crippen LogP contribution >= 0.6 is 0 Å². The SMILES string of the molecule is CCOc1ccc([C@H](C)NC(=O)COc2cc(OC)cc(OC)c2)cc1. The molecule has 6 heteroatoms. The van der Waals surface area contributed by atoms with Gasteiger partial charge in [0.25, 0.3) is 5.91 Å². The molecule has 1 atom stereocenters. The summed E-state index contributed by atoms with van der Waals surface area (Å²) in [5.74, 6) is 2.30. The number of hydrogen-bond acceptors (Lipinski definition) is 5. The van der Waals surface area contributed by atoms with E-state index >= 15 is 0 Å². The standard InChI is InChI=1S/C20H25NO5/c1-5-25-16-8-6-15(7-9-16)14(2)21-20(22)13-26-19-11-17(23-3)10-18(12-19)24-4/h6-12,14H,5,13H2,1-4H3,(H,21,22)/t14-/m0/s1. The van der Waals surface area contributed by atoms with Gasteiger partial charge in [-0.1, -0.05) is 12.1 Å². The van der Waals surface area contributed by atoms with Gasteiger partial charge in [0, 0.05) is 18.2 Å². The van der Waals surface area contributed by atoms with E-state index in [9.17, 15) is 4.79 Å². The number of benzene rings is 2. The molecular weight excluding hydrogens is 334 g/mol. The van der Waals surface area contributed by atoms with Crippen molar-refractivity contribution in [1.29, 1.82) is 0 Å². The summed E-state index contributed by atoms with van der Waals surface area (Å²) < 4.78 is 21.3. The third kappa shape index (κ3) is 5.58. The molecule has 0 aliphatic carbocycles. The van der Waals surface area contributed by atoms with Gasteiger partial charge in [0.1, 0.15) is 23.0 Å². The molecule has 6 nitrogen and oxygen atoms in total. The van der Waals surface area contributed by atoms with Crippen LogP contribution in [0, 0.1) is 0 Å². The van der Waals surface area contributed by atoms with E-state index in [1.807, 2.05) is 38.1 Å². The minimum absolute atomic E-state index is 0.0995. The van der Waals surface area contributed by atoms with Gasteiger partial charge in [0.05, 0.1) is 26.9 Å². The van der Waals surface area contributed by atoms with Gasteiger partial charge in [0.2, 0.25) is 0 Å². The van der Waals surface area contributed by atoms with Crippen LogP contribution in [0.25, 0.3) is 0 Å². The molecule has 0 saturated heterocycles. The van der Waals surface area contributed by atoms with Crippen LogP contribution in [-0.4, -0.2) is 33.3 Å². The number of carbonyl (C=O) groups is 1. The third-order valence-corrected chi connectivity index (χ3v) is 3.76. The maximum Gasteiger partial charge on any atom is 0.258 e. The fraction of sp³-hybridized carbons (Fsp3) is 0.350. The molecule has 0 heterocycles. The summed E-state index contributed by atoms with van der Waals surface area (Å²) in [6.07, 6.45) is 0. The molecule has 0 spiro atoms. The molecule has 0 radical (unpaired) electrons. The van der Waals surface area contributed by atoms with Crippen LogP contribution in [0.3, 0.4) is 0 Å². The molecule has 2 rings (SSSR count). The first kappa shape index (κ1) is 19.4. The van der Waals surface area contributed by atoms with Crippen molar-refractivity contribution in [3.63, 3.8) is 0 Å². The molecule has 0 aliphatic heterocycles. The number of rotatable bonds is 9. The molecule has 140 valence electrons. The van der Waals surface area contributed by atoms with E-state index in [0.717, 1.165) is 11.3 Å². The van der Waals surface area contributed by atoms with Crippen LogP contribution in [0.1, 0.15) is 25.5 Å². The van der Waals surface area contributed by atoms with Crippen molar-refractivity contribution in [2.45, 2.75) is 19.9 Å². The second-order valence-corrected chi connectivity index (χ2v) is 5.63. The van der Waals surface area contributed by atoms with Gasteiger partial charge in [-0.3, -0.25) is 4.79 Å². The van der Waals surface area contributed by atoms with Crippen molar-refractivity contribution in [3.8, 4) is 23.0 Å². The predicted octanol–water partition coefficient (Wildman–Crippen LogP) is 3.36. The number of nitrogens with one attached hydrogen (secondary N) is 1. The Labute approximate surface area is 154 Å². The lowest BCUT2D eigenvalue weighted by Gasteiger charge is -2.16. The minimum atomic E-state index is -0.215. The molecule has 0 fully saturated rings. The number of carbonyl (C=O) groups excluding carboxylic acids is 1. The highest BCUT2D eigenvalue weighted by Crippen LogP contribution is 2.27. The van der Waals surface area contributed by atoms with Crippen LogP contribution in [0.2, 0.25) is 0 Å². The quantitative estimate of drug-likeness (QED) is 0.744. The molecule has 0 saturated carbocycles. The summed E-state index contributed by atoms with van der Waals surface area (Å²) in [5.41, 5.74) is 0.991. The summed E-state index contributed by atoms with van der Waals surface area (Å²) in [7, 11) is 3.12. The Balaban J connectivity index is 1.90. The van der Waals surface area contributed by atoms with Crippen molar-refractivity contribution in [3.05, 3.63) is 48.0 Å². The molecule has 0 aromatic heterocycles. The minimum Gasteiger partial charge on any atom is -0.496 e. The molecule has 1 amide bonds. The number of amides is 1. The van der Waals surface area contributed by atoms with Crippen LogP contribution < -0.4 is 24.3 Å². The lowest BCUT2D eigenvalue weighted by molar-refractivity contribution is -0.123. The number of hydrogen-bond donors (Lipinski definition) is 1. The monoisotopic (exact) mass is 359 g/mol. The van der Waals surface area contributed by atoms with Gasteiger partial charge in [-0.05, 0) is 31.5 Å². The Bertz CT molecular complexity index is 692. The first-order chi connectivity index (χ1) is 12.5. The van der Waals surface area contributed by atoms with E-state index < -0.39 is 0 Å². The Morgan fingerprint density at radius 2 is 1.50 bits per heavy atom. The van der Waals surface area contributed by atoms with E-state index in [1.54, 1.807) is 32.4 Å². The third-order valence-electron chi connectivity index (χ3n) is 3.76. The van der Waals surface area contributed by atoms with Gasteiger partial charge >= 0.3 is 0 Å². The van der Waals surface area contributed by atoms with E-state index in [0.29, 0.717) is 23.9 Å². The molecule has 2 aromatic carbocycles. The predicted molar refractivity (Wildman–Crippen MR) is 99.2 cm³/mol. The lowest BCUT2D eigenvalue weighted by Crippen LogP contribution is -2.31. The average molecular weight is 359 g/mol. The van der Waals surface area contributed by atoms with Crippen molar-refractivity contribution in [2.75, 3.05) is 27.4 Å². The summed E-state index contributed by atoms with van der Waals surface area (Å²) in [4.78, 5) is 12.2. The Kier molecular flexibility index (Phi) is 7.14. The van der Waals surface area contributed by atoms with Crippen molar-refractivity contribution >= 4 is 5.91 Å². The summed E-state index contributed by atoms with van der Waals surface area (Å²) in [6, 6.07) is 12.6. The zero-order chi connectivity index (χ0) is 18.9. The molecule has 26 heavy (non-hydrogen) atoms. The fourth-order valence-corrected chi connectivity index (χ4v) is 2.40. The van der Waals surface area contributed by atoms with E-state index in [-0.39, 0.29) is 18.6 Å². The molecule has 2 aromatic rings. The Morgan fingerprint density at radius 1 is 0.923 bits per heavy atom. The highest BCUT2D eigenvalue weighted by Gasteiger charge is 2.11. The first-order valence-electron chi connectivity index (χ1n) is 8.43. The molecular formula is C20H25NO5. The zero-order valence-electron chi connectivity index (χ0n) is 15.6. The second kappa shape index (κ2) is 9.56. The number of ether oxygens (including phenoxy) is 4. The summed E-state index contributed by atoms with van der Waals surface area (Å²) in [6.45, 7) is 4.38. The largest absolute Gasteiger partial charge is 0.496 e. The smallest absolute Gasteiger partial charge is 0.258 e. The van der Waals surface area contributed by atoms with Crippen LogP contribution in [0.4, 0.5) is 0 Å². The summed E-state index contributed by atoms with van der Waals surface area (Å²) in [5, 5.41) is 2.91. The second-order valence-electron chi connectivity index (χ2n) is 5.63. The normalized spacial score (nSPS) is 11.4. The van der Waals surface area contributed by atoms with Gasteiger partial charge in [0.15, 0.2) is 6.61 Å². The highest BCUT2D eigenvalue weighted by molar-refractivity contribution is 5.78. The Hall–Kier alpha value is -2.89. The van der Waals surface area contributed by atoms with Crippen molar-refractivity contribution < 1.29 is 23.7 Å². The average Bonchev–Trinajstić information content (AvgIpc) is 2.66. The summed E-state index contributed by atoms with van der Waals surface area (Å²) >= 11 is 0. The van der Waals surface area contributed by atoms with Gasteiger partial charge in [-0.2, -0.15) is 0 Å². The van der Waals surface area contributed by atoms with E-state index in [4.69, 9.17) is 18.9 Å². The number of methoxy groups -OCH3 is 2. The van der Waals surface area contributed by atoms with Crippen LogP contribution in [-0.2, 0) is 4.79 Å². The van der Waals surface area contributed by atoms with Gasteiger partial charge in [-0.25, -0.2) is 0 Å². The molecule has 1 N–H and O–H groups in total. The maximum atomic E-state index is 12.2. The topological polar surface area (TPSA) is 66.0 Å². The lowest BCUT2D eigenvalue weighted by atomic mass is 10.1. The van der Waals surface area contributed by atoms with Crippen molar-refractivity contribution in [1.82, 2.24) is 5.32 Å². The molecule has 0 unspecified atom stereocenters. The fourth-order valence-electron chi connectivity index (χ4n) is 2.40. The maximum absolute atomic E-state index is 12.2. The Morgan fingerprint density at radius 3 is 2.04 bits per heavy atom. The van der Waals surface area contributed by atoms with Gasteiger partial charge in [-0.15, -0.1) is 0 Å². The molecule has 0 bridgehead atoms. The van der Waals surface area contributed by atoms with Crippen LogP contribution in [0.15, 0.2) is 42.5 Å². The molecule has 0 aliphatic rings. The van der Waals surface area contributed by atoms with E-state index in [2.05, 4.69) is 5.32 Å². The zero-order valence-corrected chi connectivity index (χ0v) is 15.6. The van der Waals surface area contributed by atoms with Crippen molar-refractivity contribution in [2.24, 2.45) is 0 Å².